The summed E-state index contributed by atoms with van der Waals surface area (Å²) in [7, 11) is 0. The number of ketones is 1. The van der Waals surface area contributed by atoms with E-state index in [1.165, 1.54) is 0 Å². The molecule has 0 bridgehead atoms. The SMILES string of the molecule is O=C1c2ccccc2C[C@H]1[C@H](C[N+](=O)[O-])c1ccccc1. The lowest BCUT2D eigenvalue weighted by Crippen LogP contribution is -2.25. The third kappa shape index (κ3) is 2.57. The molecule has 0 spiro atoms. The van der Waals surface area contributed by atoms with E-state index in [4.69, 9.17) is 0 Å². The van der Waals surface area contributed by atoms with Gasteiger partial charge in [0, 0.05) is 16.4 Å². The summed E-state index contributed by atoms with van der Waals surface area (Å²) >= 11 is 0. The Kier molecular flexibility index (Phi) is 3.52. The van der Waals surface area contributed by atoms with Crippen LogP contribution in [0.1, 0.15) is 27.4 Å². The van der Waals surface area contributed by atoms with Crippen molar-refractivity contribution in [2.75, 3.05) is 6.54 Å². The molecule has 0 amide bonds. The lowest BCUT2D eigenvalue weighted by molar-refractivity contribution is -0.484. The predicted molar refractivity (Wildman–Crippen MR) is 79.0 cm³/mol. The van der Waals surface area contributed by atoms with Crippen molar-refractivity contribution in [3.8, 4) is 0 Å². The molecule has 0 aromatic heterocycles. The fraction of sp³-hybridized carbons (Fsp3) is 0.235. The van der Waals surface area contributed by atoms with E-state index in [0.717, 1.165) is 11.1 Å². The zero-order valence-electron chi connectivity index (χ0n) is 11.4. The van der Waals surface area contributed by atoms with Crippen LogP contribution in [0.5, 0.6) is 0 Å². The van der Waals surface area contributed by atoms with Crippen molar-refractivity contribution in [3.63, 3.8) is 0 Å². The van der Waals surface area contributed by atoms with Crippen molar-refractivity contribution < 1.29 is 9.72 Å². The van der Waals surface area contributed by atoms with E-state index in [9.17, 15) is 14.9 Å². The number of rotatable bonds is 4. The molecule has 0 radical (unpaired) electrons. The normalized spacial score (nSPS) is 18.3. The minimum Gasteiger partial charge on any atom is -0.294 e. The monoisotopic (exact) mass is 281 g/mol. The third-order valence-electron chi connectivity index (χ3n) is 4.12. The summed E-state index contributed by atoms with van der Waals surface area (Å²) in [6.07, 6.45) is 0.586. The molecule has 2 aromatic carbocycles. The van der Waals surface area contributed by atoms with Crippen LogP contribution in [-0.2, 0) is 6.42 Å². The van der Waals surface area contributed by atoms with E-state index < -0.39 is 0 Å². The van der Waals surface area contributed by atoms with E-state index in [1.54, 1.807) is 0 Å². The second-order valence-corrected chi connectivity index (χ2v) is 5.36. The van der Waals surface area contributed by atoms with Crippen LogP contribution >= 0.6 is 0 Å². The van der Waals surface area contributed by atoms with Gasteiger partial charge in [-0.3, -0.25) is 14.9 Å². The molecule has 0 N–H and O–H groups in total. The Labute approximate surface area is 122 Å². The average molecular weight is 281 g/mol. The van der Waals surface area contributed by atoms with Gasteiger partial charge in [0.15, 0.2) is 5.78 Å². The zero-order valence-corrected chi connectivity index (χ0v) is 11.4. The first-order valence-electron chi connectivity index (χ1n) is 6.95. The summed E-state index contributed by atoms with van der Waals surface area (Å²) in [5, 5.41) is 11.0. The molecule has 106 valence electrons. The second-order valence-electron chi connectivity index (χ2n) is 5.36. The zero-order chi connectivity index (χ0) is 14.8. The van der Waals surface area contributed by atoms with E-state index in [-0.39, 0.29) is 29.1 Å². The van der Waals surface area contributed by atoms with E-state index >= 15 is 0 Å². The molecule has 1 aliphatic rings. The topological polar surface area (TPSA) is 60.2 Å². The molecule has 1 aliphatic carbocycles. The first-order chi connectivity index (χ1) is 10.2. The Hall–Kier alpha value is -2.49. The molecular formula is C17H15NO3. The number of fused-ring (bicyclic) bond motifs is 1. The average Bonchev–Trinajstić information content (AvgIpc) is 2.83. The minimum absolute atomic E-state index is 0.0290. The Morgan fingerprint density at radius 3 is 2.43 bits per heavy atom. The Morgan fingerprint density at radius 1 is 1.10 bits per heavy atom. The molecule has 21 heavy (non-hydrogen) atoms. The number of Topliss-reactive ketones (excluding diaryl/α,β-unsaturated/α-hetero) is 1. The lowest BCUT2D eigenvalue weighted by atomic mass is 9.83. The summed E-state index contributed by atoms with van der Waals surface area (Å²) in [4.78, 5) is 23.3. The molecular weight excluding hydrogens is 266 g/mol. The van der Waals surface area contributed by atoms with Gasteiger partial charge in [-0.05, 0) is 17.5 Å². The summed E-state index contributed by atoms with van der Waals surface area (Å²) in [6.45, 7) is -0.214. The van der Waals surface area contributed by atoms with Crippen molar-refractivity contribution in [1.82, 2.24) is 0 Å². The fourth-order valence-electron chi connectivity index (χ4n) is 3.12. The maximum absolute atomic E-state index is 12.6. The predicted octanol–water partition coefficient (Wildman–Crippen LogP) is 3.10. The Morgan fingerprint density at radius 2 is 1.76 bits per heavy atom. The number of hydrogen-bond acceptors (Lipinski definition) is 3. The largest absolute Gasteiger partial charge is 0.294 e. The van der Waals surface area contributed by atoms with Crippen molar-refractivity contribution in [2.45, 2.75) is 12.3 Å². The number of benzene rings is 2. The first-order valence-corrected chi connectivity index (χ1v) is 6.95. The number of hydrogen-bond donors (Lipinski definition) is 0. The molecule has 0 saturated heterocycles. The molecule has 2 atom stereocenters. The van der Waals surface area contributed by atoms with Crippen molar-refractivity contribution in [3.05, 3.63) is 81.4 Å². The highest BCUT2D eigenvalue weighted by atomic mass is 16.6. The van der Waals surface area contributed by atoms with E-state index in [2.05, 4.69) is 0 Å². The van der Waals surface area contributed by atoms with Gasteiger partial charge in [0.25, 0.3) is 0 Å². The number of nitro groups is 1. The van der Waals surface area contributed by atoms with Crippen molar-refractivity contribution >= 4 is 5.78 Å². The van der Waals surface area contributed by atoms with Crippen LogP contribution < -0.4 is 0 Å². The minimum atomic E-state index is -0.374. The highest BCUT2D eigenvalue weighted by Crippen LogP contribution is 2.36. The van der Waals surface area contributed by atoms with Gasteiger partial charge in [0.1, 0.15) is 0 Å². The Bertz CT molecular complexity index is 681. The summed E-state index contributed by atoms with van der Waals surface area (Å²) < 4.78 is 0. The third-order valence-corrected chi connectivity index (χ3v) is 4.12. The summed E-state index contributed by atoms with van der Waals surface area (Å²) in [6, 6.07) is 16.8. The van der Waals surface area contributed by atoms with Crippen LogP contribution in [0.2, 0.25) is 0 Å². The van der Waals surface area contributed by atoms with E-state index in [1.807, 2.05) is 54.6 Å². The summed E-state index contributed by atoms with van der Waals surface area (Å²) in [5.74, 6) is -0.683. The van der Waals surface area contributed by atoms with Crippen LogP contribution in [0, 0.1) is 16.0 Å². The van der Waals surface area contributed by atoms with Crippen LogP contribution in [0.25, 0.3) is 0 Å². The van der Waals surface area contributed by atoms with Gasteiger partial charge in [-0.1, -0.05) is 54.6 Å². The van der Waals surface area contributed by atoms with Gasteiger partial charge in [0.2, 0.25) is 6.54 Å². The molecule has 0 unspecified atom stereocenters. The number of carbonyl (C=O) groups excluding carboxylic acids is 1. The number of carbonyl (C=O) groups is 1. The lowest BCUT2D eigenvalue weighted by Gasteiger charge is -2.19. The van der Waals surface area contributed by atoms with Crippen LogP contribution in [-0.4, -0.2) is 17.3 Å². The standard InChI is InChI=1S/C17H15NO3/c19-17-14-9-5-4-8-13(14)10-15(17)16(11-18(20)21)12-6-2-1-3-7-12/h1-9,15-16H,10-11H2/t15-,16+/m0/s1. The maximum Gasteiger partial charge on any atom is 0.211 e. The van der Waals surface area contributed by atoms with Crippen LogP contribution in [0.15, 0.2) is 54.6 Å². The Balaban J connectivity index is 1.96. The molecule has 0 fully saturated rings. The van der Waals surface area contributed by atoms with Gasteiger partial charge in [0.05, 0.1) is 5.92 Å². The molecule has 0 saturated carbocycles. The number of nitrogens with zero attached hydrogens (tertiary/aromatic N) is 1. The highest BCUT2D eigenvalue weighted by Gasteiger charge is 2.39. The molecule has 0 aliphatic heterocycles. The highest BCUT2D eigenvalue weighted by molar-refractivity contribution is 6.02. The molecule has 4 heteroatoms. The molecule has 0 heterocycles. The van der Waals surface area contributed by atoms with E-state index in [0.29, 0.717) is 12.0 Å². The summed E-state index contributed by atoms with van der Waals surface area (Å²) in [5.41, 5.74) is 2.57. The van der Waals surface area contributed by atoms with Gasteiger partial charge in [-0.15, -0.1) is 0 Å². The van der Waals surface area contributed by atoms with Crippen LogP contribution in [0.4, 0.5) is 0 Å². The first kappa shape index (κ1) is 13.5. The maximum atomic E-state index is 12.6. The van der Waals surface area contributed by atoms with Crippen molar-refractivity contribution in [1.29, 1.82) is 0 Å². The van der Waals surface area contributed by atoms with Gasteiger partial charge in [-0.2, -0.15) is 0 Å². The van der Waals surface area contributed by atoms with Gasteiger partial charge in [-0.25, -0.2) is 0 Å². The molecule has 3 rings (SSSR count). The smallest absolute Gasteiger partial charge is 0.211 e. The molecule has 2 aromatic rings. The van der Waals surface area contributed by atoms with Gasteiger partial charge < -0.3 is 0 Å². The van der Waals surface area contributed by atoms with Crippen LogP contribution in [0.3, 0.4) is 0 Å². The fourth-order valence-corrected chi connectivity index (χ4v) is 3.12. The quantitative estimate of drug-likeness (QED) is 0.639. The molecule has 4 nitrogen and oxygen atoms in total. The second kappa shape index (κ2) is 5.48. The van der Waals surface area contributed by atoms with Gasteiger partial charge >= 0.3 is 0 Å². The van der Waals surface area contributed by atoms with Crippen molar-refractivity contribution in [2.24, 2.45) is 5.92 Å².